The number of rotatable bonds is 12. The number of allylic oxidation sites excluding steroid dienone is 18. The van der Waals surface area contributed by atoms with Crippen LogP contribution >= 0.6 is 0 Å². The Bertz CT molecular complexity index is 1530. The summed E-state index contributed by atoms with van der Waals surface area (Å²) in [5, 5.41) is 0. The lowest BCUT2D eigenvalue weighted by molar-refractivity contribution is -0.155. The van der Waals surface area contributed by atoms with Crippen molar-refractivity contribution in [3.05, 3.63) is 130 Å². The fourth-order valence-corrected chi connectivity index (χ4v) is 6.19. The third-order valence-corrected chi connectivity index (χ3v) is 9.00. The smallest absolute Gasteiger partial charge is 0.338 e. The van der Waals surface area contributed by atoms with Crippen molar-refractivity contribution in [1.29, 1.82) is 0 Å². The van der Waals surface area contributed by atoms with Crippen LogP contribution in [0.25, 0.3) is 0 Å². The topological polar surface area (TPSA) is 86.7 Å². The summed E-state index contributed by atoms with van der Waals surface area (Å²) in [6.45, 7) is 21.0. The highest BCUT2D eigenvalue weighted by Gasteiger charge is 2.27. The quantitative estimate of drug-likeness (QED) is 0.0882. The van der Waals surface area contributed by atoms with Gasteiger partial charge in [0.2, 0.25) is 0 Å². The lowest BCUT2D eigenvalue weighted by Gasteiger charge is -2.33. The summed E-state index contributed by atoms with van der Waals surface area (Å²) >= 11 is 0. The van der Waals surface area contributed by atoms with Crippen LogP contribution in [0.3, 0.4) is 0 Å². The maximum Gasteiger partial charge on any atom is 0.338 e. The third-order valence-electron chi connectivity index (χ3n) is 9.00. The van der Waals surface area contributed by atoms with E-state index >= 15 is 0 Å². The summed E-state index contributed by atoms with van der Waals surface area (Å²) < 4.78 is 9.40. The van der Waals surface area contributed by atoms with Gasteiger partial charge in [0.1, 0.15) is 0 Å². The molecule has 2 aliphatic carbocycles. The first kappa shape index (κ1) is 41.6. The second kappa shape index (κ2) is 19.6. The second-order valence-corrected chi connectivity index (χ2v) is 14.7. The standard InChI is InChI=1S/C44H56O6/c1-31(21-23-37-35(5)19-13-27-43(37,7)8)15-11-17-33(3)29-41(47)49-39(45)25-26-40(46)50-42(48)30-34(4)18-12-16-32(2)22-24-38-36(6)20-14-28-44(38,9)10/h11-12,15-18,21-26,29-30H,13-14,19-20,27-28H2,1-10H3/b17-11+,18-12+,23-21+,24-22+,26-25+,31-15+,32-16+,33-29+,34-30+. The molecule has 6 heteroatoms. The number of esters is 4. The van der Waals surface area contributed by atoms with E-state index in [9.17, 15) is 19.2 Å². The molecule has 268 valence electrons. The SMILES string of the molecule is CC1=C(/C=C/C(C)=C/C=C/C(C)=C/C(=O)OC(=O)/C=C/C(=O)OC(=O)/C=C(C)/C=C/C=C(C)/C=C/C2=C(C)CCCC2(C)C)C(C)(C)CCC1. The van der Waals surface area contributed by atoms with Crippen molar-refractivity contribution in [2.45, 2.75) is 108 Å². The average molecular weight is 681 g/mol. The van der Waals surface area contributed by atoms with Gasteiger partial charge in [-0.15, -0.1) is 0 Å². The van der Waals surface area contributed by atoms with Gasteiger partial charge in [0.25, 0.3) is 0 Å². The van der Waals surface area contributed by atoms with Crippen molar-refractivity contribution in [3.8, 4) is 0 Å². The van der Waals surface area contributed by atoms with E-state index in [2.05, 4.69) is 65.8 Å². The van der Waals surface area contributed by atoms with Crippen molar-refractivity contribution >= 4 is 23.9 Å². The van der Waals surface area contributed by atoms with Crippen LogP contribution in [0.2, 0.25) is 0 Å². The summed E-state index contributed by atoms with van der Waals surface area (Å²) in [7, 11) is 0. The van der Waals surface area contributed by atoms with E-state index in [-0.39, 0.29) is 10.8 Å². The Morgan fingerprint density at radius 3 is 1.22 bits per heavy atom. The van der Waals surface area contributed by atoms with Gasteiger partial charge in [-0.05, 0) is 113 Å². The molecule has 0 fully saturated rings. The molecule has 0 heterocycles. The highest BCUT2D eigenvalue weighted by Crippen LogP contribution is 2.41. The third kappa shape index (κ3) is 14.9. The monoisotopic (exact) mass is 680 g/mol. The number of hydrogen-bond donors (Lipinski definition) is 0. The Morgan fingerprint density at radius 2 is 0.880 bits per heavy atom. The molecular weight excluding hydrogens is 624 g/mol. The fraction of sp³-hybridized carbons (Fsp3) is 0.409. The van der Waals surface area contributed by atoms with E-state index in [1.807, 2.05) is 38.2 Å². The molecule has 0 amide bonds. The van der Waals surface area contributed by atoms with Crippen LogP contribution in [0.15, 0.2) is 130 Å². The summed E-state index contributed by atoms with van der Waals surface area (Å²) in [5.41, 5.74) is 9.27. The Balaban J connectivity index is 1.83. The minimum absolute atomic E-state index is 0.173. The molecule has 50 heavy (non-hydrogen) atoms. The van der Waals surface area contributed by atoms with Gasteiger partial charge in [0.05, 0.1) is 0 Å². The first-order chi connectivity index (χ1) is 23.4. The summed E-state index contributed by atoms with van der Waals surface area (Å²) in [4.78, 5) is 48.3. The first-order valence-electron chi connectivity index (χ1n) is 17.4. The van der Waals surface area contributed by atoms with Crippen LogP contribution in [-0.4, -0.2) is 23.9 Å². The molecule has 0 radical (unpaired) electrons. The average Bonchev–Trinajstić information content (AvgIpc) is 2.98. The highest BCUT2D eigenvalue weighted by molar-refractivity contribution is 6.02. The lowest BCUT2D eigenvalue weighted by Crippen LogP contribution is -2.19. The van der Waals surface area contributed by atoms with Crippen LogP contribution in [-0.2, 0) is 28.7 Å². The van der Waals surface area contributed by atoms with Gasteiger partial charge in [0.15, 0.2) is 0 Å². The lowest BCUT2D eigenvalue weighted by atomic mass is 9.72. The molecular formula is C44H56O6. The number of carbonyl (C=O) groups is 4. The Hall–Kier alpha value is -4.58. The van der Waals surface area contributed by atoms with E-state index in [0.29, 0.717) is 11.1 Å². The van der Waals surface area contributed by atoms with E-state index in [0.717, 1.165) is 36.1 Å². The molecule has 0 atom stereocenters. The summed E-state index contributed by atoms with van der Waals surface area (Å²) in [5.74, 6) is -3.89. The Labute approximate surface area is 300 Å². The Kier molecular flexibility index (Phi) is 16.3. The molecule has 0 aromatic rings. The van der Waals surface area contributed by atoms with Crippen molar-refractivity contribution < 1.29 is 28.7 Å². The molecule has 6 nitrogen and oxygen atoms in total. The largest absolute Gasteiger partial charge is 0.387 e. The van der Waals surface area contributed by atoms with E-state index < -0.39 is 23.9 Å². The summed E-state index contributed by atoms with van der Waals surface area (Å²) in [6.07, 6.45) is 30.5. The predicted octanol–water partition coefficient (Wildman–Crippen LogP) is 10.7. The number of carbonyl (C=O) groups excluding carboxylic acids is 4. The van der Waals surface area contributed by atoms with Crippen LogP contribution in [0, 0.1) is 10.8 Å². The van der Waals surface area contributed by atoms with Gasteiger partial charge in [-0.1, -0.05) is 111 Å². The molecule has 0 aliphatic heterocycles. The number of hydrogen-bond acceptors (Lipinski definition) is 6. The van der Waals surface area contributed by atoms with Crippen LogP contribution in [0.1, 0.15) is 108 Å². The van der Waals surface area contributed by atoms with Gasteiger partial charge < -0.3 is 9.47 Å². The van der Waals surface area contributed by atoms with Crippen molar-refractivity contribution in [3.63, 3.8) is 0 Å². The minimum atomic E-state index is -1.06. The maximum absolute atomic E-state index is 12.1. The minimum Gasteiger partial charge on any atom is -0.387 e. The van der Waals surface area contributed by atoms with Crippen molar-refractivity contribution in [1.82, 2.24) is 0 Å². The van der Waals surface area contributed by atoms with Gasteiger partial charge in [0, 0.05) is 24.3 Å². The second-order valence-electron chi connectivity index (χ2n) is 14.7. The maximum atomic E-state index is 12.1. The highest BCUT2D eigenvalue weighted by atomic mass is 16.6. The molecule has 0 saturated carbocycles. The molecule has 0 spiro atoms. The van der Waals surface area contributed by atoms with Crippen LogP contribution in [0.4, 0.5) is 0 Å². The first-order valence-corrected chi connectivity index (χ1v) is 17.4. The van der Waals surface area contributed by atoms with Gasteiger partial charge in [-0.3, -0.25) is 0 Å². The zero-order valence-corrected chi connectivity index (χ0v) is 31.8. The zero-order chi connectivity index (χ0) is 37.5. The van der Waals surface area contributed by atoms with Crippen molar-refractivity contribution in [2.75, 3.05) is 0 Å². The molecule has 2 aliphatic rings. The Morgan fingerprint density at radius 1 is 0.520 bits per heavy atom. The number of ether oxygens (including phenoxy) is 2. The fourth-order valence-electron chi connectivity index (χ4n) is 6.19. The van der Waals surface area contributed by atoms with E-state index in [4.69, 9.17) is 9.47 Å². The van der Waals surface area contributed by atoms with Gasteiger partial charge >= 0.3 is 23.9 Å². The van der Waals surface area contributed by atoms with E-state index in [1.165, 1.54) is 60.1 Å². The molecule has 0 unspecified atom stereocenters. The predicted molar refractivity (Wildman–Crippen MR) is 204 cm³/mol. The van der Waals surface area contributed by atoms with Gasteiger partial charge in [-0.2, -0.15) is 0 Å². The van der Waals surface area contributed by atoms with Crippen LogP contribution in [0.5, 0.6) is 0 Å². The molecule has 2 rings (SSSR count). The molecule has 0 saturated heterocycles. The molecule has 0 N–H and O–H groups in total. The molecule has 0 aromatic carbocycles. The normalized spacial score (nSPS) is 19.5. The van der Waals surface area contributed by atoms with Crippen molar-refractivity contribution in [2.24, 2.45) is 10.8 Å². The summed E-state index contributed by atoms with van der Waals surface area (Å²) in [6, 6.07) is 0. The molecule has 0 bridgehead atoms. The van der Waals surface area contributed by atoms with E-state index in [1.54, 1.807) is 26.0 Å². The zero-order valence-electron chi connectivity index (χ0n) is 31.8. The molecule has 0 aromatic heterocycles. The van der Waals surface area contributed by atoms with Crippen LogP contribution < -0.4 is 0 Å². The van der Waals surface area contributed by atoms with Gasteiger partial charge in [-0.25, -0.2) is 19.2 Å².